The summed E-state index contributed by atoms with van der Waals surface area (Å²) in [5, 5.41) is 52.5. The zero-order chi connectivity index (χ0) is 40.4. The summed E-state index contributed by atoms with van der Waals surface area (Å²) in [4.78, 5) is 108. The van der Waals surface area contributed by atoms with Crippen molar-refractivity contribution in [1.29, 1.82) is 0 Å². The number of carboxylic acid groups (broad SMARTS) is 1. The molecule has 0 aliphatic carbocycles. The quantitative estimate of drug-likeness (QED) is 0.0436. The molecular weight excluding hydrogens is 706 g/mol. The molecule has 9 atom stereocenters. The van der Waals surface area contributed by atoms with Gasteiger partial charge in [-0.2, -0.15) is 0 Å². The van der Waals surface area contributed by atoms with Crippen molar-refractivity contribution < 1.29 is 58.8 Å². The molecule has 1 heterocycles. The molecule has 0 saturated carbocycles. The first-order chi connectivity index (χ1) is 24.8. The van der Waals surface area contributed by atoms with Gasteiger partial charge in [-0.15, -0.1) is 0 Å². The number of hydrogen-bond acceptors (Lipinski definition) is 14. The highest BCUT2D eigenvalue weighted by molar-refractivity contribution is 5.98. The van der Waals surface area contributed by atoms with Gasteiger partial charge in [-0.3, -0.25) is 38.4 Å². The first kappa shape index (κ1) is 45.8. The van der Waals surface area contributed by atoms with Crippen molar-refractivity contribution in [2.24, 2.45) is 17.2 Å². The molecular formula is C30H51N11O12. The number of nitrogens with two attached hydrogens (primary N) is 3. The van der Waals surface area contributed by atoms with E-state index in [1.165, 1.54) is 19.4 Å². The number of carboxylic acids is 1. The van der Waals surface area contributed by atoms with Crippen molar-refractivity contribution >= 4 is 47.3 Å². The van der Waals surface area contributed by atoms with E-state index in [1.54, 1.807) is 0 Å². The minimum atomic E-state index is -1.81. The minimum Gasteiger partial charge on any atom is -0.480 e. The van der Waals surface area contributed by atoms with Gasteiger partial charge in [0.25, 0.3) is 0 Å². The van der Waals surface area contributed by atoms with E-state index in [0.717, 1.165) is 13.8 Å². The summed E-state index contributed by atoms with van der Waals surface area (Å²) >= 11 is 0. The number of rotatable bonds is 24. The molecule has 0 spiro atoms. The second kappa shape index (κ2) is 22.7. The van der Waals surface area contributed by atoms with Crippen LogP contribution in [0.2, 0.25) is 0 Å². The molecule has 1 aromatic heterocycles. The van der Waals surface area contributed by atoms with E-state index in [4.69, 9.17) is 22.3 Å². The SMILES string of the molecule is C[C@H](NC(=O)[C@H](Cc1cnc[nH]1)NC(=O)[C@H](CCCCN)NC(=O)[C@@H](NC(=O)[C@H](CC(N)=O)NC(=O)[C@@H](NC(=O)[C@@H](N)CO)[C@@H](C)O)[C@@H](C)O)C(=O)O. The summed E-state index contributed by atoms with van der Waals surface area (Å²) in [5.41, 5.74) is 16.7. The summed E-state index contributed by atoms with van der Waals surface area (Å²) in [5.74, 6) is -8.70. The predicted octanol–water partition coefficient (Wildman–Crippen LogP) is -6.95. The van der Waals surface area contributed by atoms with Crippen LogP contribution in [0.25, 0.3) is 0 Å². The number of aromatic nitrogens is 2. The maximum Gasteiger partial charge on any atom is 0.325 e. The lowest BCUT2D eigenvalue weighted by Gasteiger charge is -2.28. The first-order valence-corrected chi connectivity index (χ1v) is 16.6. The molecule has 0 fully saturated rings. The van der Waals surface area contributed by atoms with Crippen molar-refractivity contribution in [2.75, 3.05) is 13.2 Å². The predicted molar refractivity (Wildman–Crippen MR) is 182 cm³/mol. The van der Waals surface area contributed by atoms with Gasteiger partial charge in [-0.1, -0.05) is 0 Å². The topological polar surface area (TPSA) is 396 Å². The maximum atomic E-state index is 13.6. The van der Waals surface area contributed by atoms with E-state index >= 15 is 0 Å². The van der Waals surface area contributed by atoms with Gasteiger partial charge in [0.1, 0.15) is 42.3 Å². The van der Waals surface area contributed by atoms with Crippen molar-refractivity contribution in [3.05, 3.63) is 18.2 Å². The van der Waals surface area contributed by atoms with Gasteiger partial charge in [-0.05, 0) is 46.6 Å². The third kappa shape index (κ3) is 15.9. The molecule has 17 N–H and O–H groups in total. The fourth-order valence-corrected chi connectivity index (χ4v) is 4.58. The van der Waals surface area contributed by atoms with Crippen molar-refractivity contribution in [3.8, 4) is 0 Å². The molecule has 53 heavy (non-hydrogen) atoms. The van der Waals surface area contributed by atoms with E-state index in [1.807, 2.05) is 0 Å². The second-order valence-electron chi connectivity index (χ2n) is 12.2. The number of imidazole rings is 1. The molecule has 0 aliphatic heterocycles. The molecule has 0 unspecified atom stereocenters. The number of carbonyl (C=O) groups excluding carboxylic acids is 7. The molecule has 23 heteroatoms. The molecule has 298 valence electrons. The molecule has 0 radical (unpaired) electrons. The number of aliphatic hydroxyl groups is 3. The van der Waals surface area contributed by atoms with Gasteiger partial charge in [0.2, 0.25) is 41.4 Å². The van der Waals surface area contributed by atoms with Crippen molar-refractivity contribution in [2.45, 2.75) is 107 Å². The van der Waals surface area contributed by atoms with Crippen LogP contribution >= 0.6 is 0 Å². The largest absolute Gasteiger partial charge is 0.480 e. The van der Waals surface area contributed by atoms with Crippen LogP contribution in [-0.2, 0) is 44.8 Å². The van der Waals surface area contributed by atoms with E-state index < -0.39 is 115 Å². The Hall–Kier alpha value is -5.23. The summed E-state index contributed by atoms with van der Waals surface area (Å²) < 4.78 is 0. The Kier molecular flexibility index (Phi) is 19.6. The van der Waals surface area contributed by atoms with Gasteiger partial charge < -0.3 is 74.5 Å². The van der Waals surface area contributed by atoms with Gasteiger partial charge in [-0.25, -0.2) is 4.98 Å². The third-order valence-corrected chi connectivity index (χ3v) is 7.62. The average Bonchev–Trinajstić information content (AvgIpc) is 3.60. The maximum absolute atomic E-state index is 13.6. The van der Waals surface area contributed by atoms with Crippen LogP contribution in [0.1, 0.15) is 52.1 Å². The van der Waals surface area contributed by atoms with Crippen molar-refractivity contribution in [1.82, 2.24) is 41.9 Å². The lowest BCUT2D eigenvalue weighted by molar-refractivity contribution is -0.142. The van der Waals surface area contributed by atoms with Crippen LogP contribution in [0.3, 0.4) is 0 Å². The number of aliphatic hydroxyl groups excluding tert-OH is 3. The van der Waals surface area contributed by atoms with Gasteiger partial charge >= 0.3 is 5.97 Å². The highest BCUT2D eigenvalue weighted by Crippen LogP contribution is 2.07. The number of unbranched alkanes of at least 4 members (excludes halogenated alkanes) is 1. The van der Waals surface area contributed by atoms with Gasteiger partial charge in [0.05, 0.1) is 31.6 Å². The molecule has 7 amide bonds. The number of hydrogen-bond donors (Lipinski definition) is 14. The zero-order valence-electron chi connectivity index (χ0n) is 29.5. The fourth-order valence-electron chi connectivity index (χ4n) is 4.58. The Morgan fingerprint density at radius 2 is 1.26 bits per heavy atom. The zero-order valence-corrected chi connectivity index (χ0v) is 29.5. The normalized spacial score (nSPS) is 16.2. The van der Waals surface area contributed by atoms with Crippen LogP contribution < -0.4 is 49.1 Å². The number of nitrogens with one attached hydrogen (secondary N) is 7. The minimum absolute atomic E-state index is 0.0358. The average molecular weight is 758 g/mol. The lowest BCUT2D eigenvalue weighted by Crippen LogP contribution is -2.63. The van der Waals surface area contributed by atoms with Crippen LogP contribution in [0, 0.1) is 0 Å². The van der Waals surface area contributed by atoms with Gasteiger partial charge in [0, 0.05) is 18.3 Å². The summed E-state index contributed by atoms with van der Waals surface area (Å²) in [6.07, 6.45) is -0.818. The number of primary amides is 1. The van der Waals surface area contributed by atoms with E-state index in [2.05, 4.69) is 41.9 Å². The van der Waals surface area contributed by atoms with Crippen LogP contribution in [0.5, 0.6) is 0 Å². The van der Waals surface area contributed by atoms with Crippen molar-refractivity contribution in [3.63, 3.8) is 0 Å². The van der Waals surface area contributed by atoms with E-state index in [-0.39, 0.29) is 19.4 Å². The molecule has 1 aromatic rings. The lowest BCUT2D eigenvalue weighted by atomic mass is 10.0. The summed E-state index contributed by atoms with van der Waals surface area (Å²) in [7, 11) is 0. The van der Waals surface area contributed by atoms with E-state index in [0.29, 0.717) is 18.5 Å². The fraction of sp³-hybridized carbons (Fsp3) is 0.633. The Bertz CT molecular complexity index is 1410. The molecule has 1 rings (SSSR count). The number of aromatic amines is 1. The molecule has 0 aromatic carbocycles. The monoisotopic (exact) mass is 757 g/mol. The smallest absolute Gasteiger partial charge is 0.325 e. The third-order valence-electron chi connectivity index (χ3n) is 7.62. The molecule has 0 saturated heterocycles. The number of amides is 7. The second-order valence-corrected chi connectivity index (χ2v) is 12.2. The highest BCUT2D eigenvalue weighted by Gasteiger charge is 2.36. The van der Waals surface area contributed by atoms with Crippen LogP contribution in [-0.4, -0.2) is 145 Å². The molecule has 0 aliphatic rings. The van der Waals surface area contributed by atoms with Crippen LogP contribution in [0.15, 0.2) is 12.5 Å². The Balaban J connectivity index is 3.27. The Morgan fingerprint density at radius 3 is 1.74 bits per heavy atom. The summed E-state index contributed by atoms with van der Waals surface area (Å²) in [6.45, 7) is 2.89. The number of aliphatic carboxylic acids is 1. The Morgan fingerprint density at radius 1 is 0.755 bits per heavy atom. The van der Waals surface area contributed by atoms with Crippen LogP contribution in [0.4, 0.5) is 0 Å². The highest BCUT2D eigenvalue weighted by atomic mass is 16.4. The Labute approximate surface area is 304 Å². The number of carbonyl (C=O) groups is 8. The number of H-pyrrole nitrogens is 1. The molecule has 0 bridgehead atoms. The number of nitrogens with zero attached hydrogens (tertiary/aromatic N) is 1. The van der Waals surface area contributed by atoms with E-state index in [9.17, 15) is 53.7 Å². The first-order valence-electron chi connectivity index (χ1n) is 16.6. The molecule has 23 nitrogen and oxygen atoms in total. The van der Waals surface area contributed by atoms with Gasteiger partial charge in [0.15, 0.2) is 0 Å². The standard InChI is InChI=1S/C30H51N11O12/c1-13(30(52)53)36-26(48)19(8-16-10-34-12-35-16)38-25(47)18(6-4-5-7-31)37-28(50)23(15(3)44)41-27(49)20(9-21(33)45)39-29(51)22(14(2)43)40-24(46)17(32)11-42/h10,12-15,17-20,22-23,42-44H,4-9,11,31-32H2,1-3H3,(H2,33,45)(H,34,35)(H,36,48)(H,37,50)(H,38,47)(H,39,51)(H,40,46)(H,41,49)(H,52,53)/t13-,14+,15+,17-,18-,19-,20-,22-,23-/m0/s1. The summed E-state index contributed by atoms with van der Waals surface area (Å²) in [6, 6.07) is -10.9.